The van der Waals surface area contributed by atoms with Crippen LogP contribution in [0.15, 0.2) is 36.4 Å². The molecule has 10 heteroatoms. The van der Waals surface area contributed by atoms with Gasteiger partial charge in [-0.15, -0.1) is 35.0 Å². The standard InChI is InChI=1S/C16H23N5O3.2ClH/c1-12-4-2-3-5-14(12)24-11-13(22)10-18-8-9-23-16-7-6-15(19-17)20-21-16;;/h2-7,13,18,22H,8-11,17H2,1H3,(H,19,20);2*1H. The van der Waals surface area contributed by atoms with E-state index in [0.717, 1.165) is 11.3 Å². The molecule has 1 unspecified atom stereocenters. The van der Waals surface area contributed by atoms with E-state index in [-0.39, 0.29) is 31.4 Å². The van der Waals surface area contributed by atoms with Crippen molar-refractivity contribution in [2.24, 2.45) is 5.84 Å². The second-order valence-electron chi connectivity index (χ2n) is 5.18. The zero-order valence-corrected chi connectivity index (χ0v) is 16.1. The van der Waals surface area contributed by atoms with Gasteiger partial charge in [-0.1, -0.05) is 18.2 Å². The van der Waals surface area contributed by atoms with Crippen molar-refractivity contribution < 1.29 is 14.6 Å². The Labute approximate surface area is 165 Å². The van der Waals surface area contributed by atoms with Gasteiger partial charge in [-0.3, -0.25) is 0 Å². The largest absolute Gasteiger partial charge is 0.491 e. The molecule has 5 N–H and O–H groups in total. The summed E-state index contributed by atoms with van der Waals surface area (Å²) in [5, 5.41) is 20.6. The topological polar surface area (TPSA) is 115 Å². The Hall–Kier alpha value is -1.84. The van der Waals surface area contributed by atoms with E-state index in [4.69, 9.17) is 15.3 Å². The predicted octanol–water partition coefficient (Wildman–Crippen LogP) is 1.32. The lowest BCUT2D eigenvalue weighted by Gasteiger charge is -2.14. The molecule has 0 saturated heterocycles. The van der Waals surface area contributed by atoms with Crippen molar-refractivity contribution in [3.8, 4) is 11.6 Å². The number of aromatic nitrogens is 2. The SMILES string of the molecule is Cc1ccccc1OCC(O)CNCCOc1ccc(NN)nn1.Cl.Cl. The Bertz CT molecular complexity index is 619. The third-order valence-electron chi connectivity index (χ3n) is 3.22. The Balaban J connectivity index is 0.00000312. The maximum absolute atomic E-state index is 9.91. The van der Waals surface area contributed by atoms with Crippen molar-refractivity contribution in [1.29, 1.82) is 0 Å². The van der Waals surface area contributed by atoms with Gasteiger partial charge in [0.15, 0.2) is 5.82 Å². The first kappa shape index (κ1) is 24.2. The van der Waals surface area contributed by atoms with Crippen LogP contribution in [0.5, 0.6) is 11.6 Å². The summed E-state index contributed by atoms with van der Waals surface area (Å²) in [6.45, 7) is 3.60. The number of para-hydroxylation sites is 1. The van der Waals surface area contributed by atoms with Gasteiger partial charge in [-0.25, -0.2) is 5.84 Å². The van der Waals surface area contributed by atoms with Crippen LogP contribution < -0.4 is 26.1 Å². The number of nitrogens with zero attached hydrogens (tertiary/aromatic N) is 2. The lowest BCUT2D eigenvalue weighted by Crippen LogP contribution is -2.33. The number of anilines is 1. The lowest BCUT2D eigenvalue weighted by molar-refractivity contribution is 0.105. The van der Waals surface area contributed by atoms with E-state index in [9.17, 15) is 5.11 Å². The smallest absolute Gasteiger partial charge is 0.233 e. The first-order chi connectivity index (χ1) is 11.7. The molecule has 146 valence electrons. The molecule has 0 fully saturated rings. The first-order valence-electron chi connectivity index (χ1n) is 7.69. The number of rotatable bonds is 10. The van der Waals surface area contributed by atoms with Gasteiger partial charge in [0.05, 0.1) is 0 Å². The number of nitrogen functional groups attached to an aromatic ring is 1. The summed E-state index contributed by atoms with van der Waals surface area (Å²) in [6.07, 6.45) is -0.598. The van der Waals surface area contributed by atoms with Crippen molar-refractivity contribution in [1.82, 2.24) is 15.5 Å². The molecule has 1 heterocycles. The Morgan fingerprint density at radius 3 is 2.54 bits per heavy atom. The second kappa shape index (κ2) is 13.4. The molecule has 8 nitrogen and oxygen atoms in total. The minimum absolute atomic E-state index is 0. The number of nitrogens with two attached hydrogens (primary N) is 1. The number of aryl methyl sites for hydroxylation is 1. The maximum Gasteiger partial charge on any atom is 0.233 e. The molecule has 2 aromatic rings. The minimum atomic E-state index is -0.598. The van der Waals surface area contributed by atoms with Crippen LogP contribution in [0.2, 0.25) is 0 Å². The Morgan fingerprint density at radius 1 is 1.12 bits per heavy atom. The molecule has 26 heavy (non-hydrogen) atoms. The average Bonchev–Trinajstić information content (AvgIpc) is 2.61. The van der Waals surface area contributed by atoms with Gasteiger partial charge in [0.2, 0.25) is 5.88 Å². The zero-order chi connectivity index (χ0) is 17.2. The van der Waals surface area contributed by atoms with Crippen molar-refractivity contribution in [3.63, 3.8) is 0 Å². The number of aliphatic hydroxyl groups is 1. The molecule has 0 bridgehead atoms. The molecule has 0 aliphatic rings. The highest BCUT2D eigenvalue weighted by Gasteiger charge is 2.06. The number of hydrogen-bond donors (Lipinski definition) is 4. The first-order valence-corrected chi connectivity index (χ1v) is 7.69. The Kier molecular flexibility index (Phi) is 12.4. The number of benzene rings is 1. The predicted molar refractivity (Wildman–Crippen MR) is 105 cm³/mol. The quantitative estimate of drug-likeness (QED) is 0.265. The number of ether oxygens (including phenoxy) is 2. The van der Waals surface area contributed by atoms with Crippen LogP contribution in [0.25, 0.3) is 0 Å². The average molecular weight is 406 g/mol. The van der Waals surface area contributed by atoms with Crippen LogP contribution in [-0.4, -0.2) is 47.7 Å². The summed E-state index contributed by atoms with van der Waals surface area (Å²) >= 11 is 0. The molecule has 0 amide bonds. The third-order valence-corrected chi connectivity index (χ3v) is 3.22. The molecule has 0 saturated carbocycles. The molecule has 1 aromatic heterocycles. The minimum Gasteiger partial charge on any atom is -0.491 e. The lowest BCUT2D eigenvalue weighted by atomic mass is 10.2. The fourth-order valence-corrected chi connectivity index (χ4v) is 1.93. The normalized spacial score (nSPS) is 10.9. The van der Waals surface area contributed by atoms with E-state index in [0.29, 0.717) is 31.4 Å². The van der Waals surface area contributed by atoms with Gasteiger partial charge in [0.1, 0.15) is 25.1 Å². The summed E-state index contributed by atoms with van der Waals surface area (Å²) in [6, 6.07) is 11.1. The summed E-state index contributed by atoms with van der Waals surface area (Å²) in [5.41, 5.74) is 3.43. The van der Waals surface area contributed by atoms with Gasteiger partial charge in [-0.2, -0.15) is 0 Å². The van der Waals surface area contributed by atoms with Crippen LogP contribution in [0.4, 0.5) is 5.82 Å². The molecular formula is C16H25Cl2N5O3. The summed E-state index contributed by atoms with van der Waals surface area (Å²) in [7, 11) is 0. The summed E-state index contributed by atoms with van der Waals surface area (Å²) in [5.74, 6) is 6.87. The molecule has 1 aromatic carbocycles. The molecule has 0 aliphatic carbocycles. The number of hydrazine groups is 1. The van der Waals surface area contributed by atoms with E-state index in [2.05, 4.69) is 20.9 Å². The molecule has 0 aliphatic heterocycles. The van der Waals surface area contributed by atoms with Crippen molar-refractivity contribution >= 4 is 30.6 Å². The van der Waals surface area contributed by atoms with E-state index in [1.54, 1.807) is 12.1 Å². The third kappa shape index (κ3) is 8.50. The van der Waals surface area contributed by atoms with Gasteiger partial charge in [0, 0.05) is 19.2 Å². The Morgan fingerprint density at radius 2 is 1.88 bits per heavy atom. The van der Waals surface area contributed by atoms with Crippen LogP contribution in [-0.2, 0) is 0 Å². The molecule has 0 radical (unpaired) electrons. The highest BCUT2D eigenvalue weighted by Crippen LogP contribution is 2.16. The van der Waals surface area contributed by atoms with Crippen LogP contribution >= 0.6 is 24.8 Å². The van der Waals surface area contributed by atoms with Crippen LogP contribution in [0.1, 0.15) is 5.56 Å². The zero-order valence-electron chi connectivity index (χ0n) is 14.4. The van der Waals surface area contributed by atoms with E-state index >= 15 is 0 Å². The molecule has 2 rings (SSSR count). The van der Waals surface area contributed by atoms with Gasteiger partial charge < -0.3 is 25.3 Å². The maximum atomic E-state index is 9.91. The fraction of sp³-hybridized carbons (Fsp3) is 0.375. The van der Waals surface area contributed by atoms with Crippen molar-refractivity contribution in [3.05, 3.63) is 42.0 Å². The second-order valence-corrected chi connectivity index (χ2v) is 5.18. The van der Waals surface area contributed by atoms with Gasteiger partial charge in [-0.05, 0) is 24.6 Å². The molecule has 0 spiro atoms. The fourth-order valence-electron chi connectivity index (χ4n) is 1.93. The monoisotopic (exact) mass is 405 g/mol. The highest BCUT2D eigenvalue weighted by molar-refractivity contribution is 5.85. The van der Waals surface area contributed by atoms with Crippen molar-refractivity contribution in [2.75, 3.05) is 31.7 Å². The number of aliphatic hydroxyl groups excluding tert-OH is 1. The molecular weight excluding hydrogens is 381 g/mol. The summed E-state index contributed by atoms with van der Waals surface area (Å²) in [4.78, 5) is 0. The number of nitrogens with one attached hydrogen (secondary N) is 2. The van der Waals surface area contributed by atoms with Crippen molar-refractivity contribution in [2.45, 2.75) is 13.0 Å². The van der Waals surface area contributed by atoms with E-state index in [1.165, 1.54) is 0 Å². The number of halogens is 2. The molecule has 1 atom stereocenters. The number of hydrogen-bond acceptors (Lipinski definition) is 8. The van der Waals surface area contributed by atoms with Crippen LogP contribution in [0.3, 0.4) is 0 Å². The highest BCUT2D eigenvalue weighted by atomic mass is 35.5. The summed E-state index contributed by atoms with van der Waals surface area (Å²) < 4.78 is 11.0. The van der Waals surface area contributed by atoms with Gasteiger partial charge >= 0.3 is 0 Å². The van der Waals surface area contributed by atoms with E-state index < -0.39 is 6.10 Å². The van der Waals surface area contributed by atoms with Gasteiger partial charge in [0.25, 0.3) is 0 Å². The van der Waals surface area contributed by atoms with E-state index in [1.807, 2.05) is 31.2 Å². The van der Waals surface area contributed by atoms with Crippen LogP contribution in [0, 0.1) is 6.92 Å².